The van der Waals surface area contributed by atoms with Gasteiger partial charge < -0.3 is 9.73 Å². The van der Waals surface area contributed by atoms with Gasteiger partial charge in [-0.3, -0.25) is 9.59 Å². The van der Waals surface area contributed by atoms with Crippen LogP contribution < -0.4 is 5.32 Å². The molecule has 1 aliphatic rings. The predicted octanol–water partition coefficient (Wildman–Crippen LogP) is 4.76. The Morgan fingerprint density at radius 1 is 1.12 bits per heavy atom. The highest BCUT2D eigenvalue weighted by atomic mass is 32.1. The van der Waals surface area contributed by atoms with Gasteiger partial charge in [-0.2, -0.15) is 0 Å². The van der Waals surface area contributed by atoms with Gasteiger partial charge in [-0.15, -0.1) is 22.7 Å². The number of furan rings is 1. The molecule has 0 aromatic carbocycles. The maximum Gasteiger partial charge on any atom is 0.238 e. The summed E-state index contributed by atoms with van der Waals surface area (Å²) in [6.45, 7) is 0.446. The Kier molecular flexibility index (Phi) is 4.78. The van der Waals surface area contributed by atoms with Gasteiger partial charge in [-0.05, 0) is 48.6 Å². The van der Waals surface area contributed by atoms with E-state index in [1.165, 1.54) is 17.6 Å². The van der Waals surface area contributed by atoms with Gasteiger partial charge in [0, 0.05) is 9.75 Å². The van der Waals surface area contributed by atoms with Crippen LogP contribution in [0.5, 0.6) is 0 Å². The molecule has 1 amide bonds. The van der Waals surface area contributed by atoms with E-state index in [1.807, 2.05) is 17.5 Å². The Morgan fingerprint density at radius 3 is 2.65 bits per heavy atom. The molecule has 3 aromatic rings. The third-order valence-corrected chi connectivity index (χ3v) is 7.10. The number of ketones is 1. The molecule has 1 N–H and O–H groups in total. The largest absolute Gasteiger partial charge is 0.461 e. The van der Waals surface area contributed by atoms with E-state index in [0.29, 0.717) is 17.2 Å². The number of nitrogens with one attached hydrogen (secondary N) is 1. The number of hydrogen-bond acceptors (Lipinski definition) is 5. The van der Waals surface area contributed by atoms with Crippen molar-refractivity contribution in [2.24, 2.45) is 0 Å². The number of amides is 1. The number of carbonyl (C=O) groups is 2. The number of thiophene rings is 2. The fraction of sp³-hybridized carbons (Fsp3) is 0.300. The minimum absolute atomic E-state index is 0.102. The van der Waals surface area contributed by atoms with Crippen molar-refractivity contribution in [2.75, 3.05) is 0 Å². The molecule has 0 radical (unpaired) electrons. The Labute approximate surface area is 159 Å². The average molecular weight is 386 g/mol. The van der Waals surface area contributed by atoms with Crippen molar-refractivity contribution in [3.8, 4) is 0 Å². The molecular formula is C20H19NO3S2. The van der Waals surface area contributed by atoms with Crippen molar-refractivity contribution in [1.29, 1.82) is 0 Å². The van der Waals surface area contributed by atoms with Crippen LogP contribution in [0.25, 0.3) is 0 Å². The van der Waals surface area contributed by atoms with Gasteiger partial charge in [0.15, 0.2) is 5.76 Å². The molecule has 4 rings (SSSR count). The molecule has 0 unspecified atom stereocenters. The van der Waals surface area contributed by atoms with Crippen LogP contribution in [0.1, 0.15) is 50.9 Å². The third-order valence-electron chi connectivity index (χ3n) is 4.94. The molecular weight excluding hydrogens is 366 g/mol. The standard InChI is InChI=1S/C20H19NO3S2/c22-18(15-5-3-11-24-15)16-8-7-14(26-16)13-21-19(23)20(9-1-2-10-20)17-6-4-12-25-17/h3-8,11-12H,1-2,9-10,13H2,(H,21,23). The SMILES string of the molecule is O=C(c1ccco1)c1ccc(CNC(=O)C2(c3cccs3)CCCC2)s1. The van der Waals surface area contributed by atoms with Gasteiger partial charge in [-0.1, -0.05) is 18.9 Å². The molecule has 6 heteroatoms. The number of rotatable bonds is 6. The van der Waals surface area contributed by atoms with E-state index < -0.39 is 0 Å². The van der Waals surface area contributed by atoms with Crippen LogP contribution >= 0.6 is 22.7 Å². The van der Waals surface area contributed by atoms with Crippen LogP contribution in [-0.4, -0.2) is 11.7 Å². The van der Waals surface area contributed by atoms with Crippen LogP contribution in [0, 0.1) is 0 Å². The van der Waals surface area contributed by atoms with Gasteiger partial charge in [0.05, 0.1) is 23.1 Å². The molecule has 0 atom stereocenters. The van der Waals surface area contributed by atoms with Crippen molar-refractivity contribution in [3.63, 3.8) is 0 Å². The summed E-state index contributed by atoms with van der Waals surface area (Å²) in [7, 11) is 0. The lowest BCUT2D eigenvalue weighted by Crippen LogP contribution is -2.41. The van der Waals surface area contributed by atoms with E-state index in [1.54, 1.807) is 29.5 Å². The lowest BCUT2D eigenvalue weighted by Gasteiger charge is -2.26. The first kappa shape index (κ1) is 17.2. The summed E-state index contributed by atoms with van der Waals surface area (Å²) in [4.78, 5) is 28.0. The molecule has 0 aliphatic heterocycles. The summed E-state index contributed by atoms with van der Waals surface area (Å²) >= 11 is 3.06. The molecule has 1 fully saturated rings. The summed E-state index contributed by atoms with van der Waals surface area (Å²) in [6.07, 6.45) is 5.49. The summed E-state index contributed by atoms with van der Waals surface area (Å²) in [5.74, 6) is 0.318. The smallest absolute Gasteiger partial charge is 0.238 e. The van der Waals surface area contributed by atoms with Crippen LogP contribution in [0.2, 0.25) is 0 Å². The van der Waals surface area contributed by atoms with E-state index in [2.05, 4.69) is 11.4 Å². The van der Waals surface area contributed by atoms with E-state index in [0.717, 1.165) is 35.4 Å². The predicted molar refractivity (Wildman–Crippen MR) is 103 cm³/mol. The van der Waals surface area contributed by atoms with Crippen molar-refractivity contribution in [2.45, 2.75) is 37.6 Å². The van der Waals surface area contributed by atoms with Crippen LogP contribution in [0.3, 0.4) is 0 Å². The van der Waals surface area contributed by atoms with Gasteiger partial charge in [0.1, 0.15) is 0 Å². The van der Waals surface area contributed by atoms with Crippen LogP contribution in [0.15, 0.2) is 52.5 Å². The lowest BCUT2D eigenvalue weighted by atomic mass is 9.83. The Morgan fingerprint density at radius 2 is 1.96 bits per heavy atom. The highest BCUT2D eigenvalue weighted by molar-refractivity contribution is 7.14. The molecule has 3 aromatic heterocycles. The normalized spacial score (nSPS) is 15.8. The highest BCUT2D eigenvalue weighted by Crippen LogP contribution is 2.43. The van der Waals surface area contributed by atoms with Gasteiger partial charge in [0.25, 0.3) is 0 Å². The zero-order chi connectivity index (χ0) is 18.0. The van der Waals surface area contributed by atoms with Gasteiger partial charge in [-0.25, -0.2) is 0 Å². The zero-order valence-electron chi connectivity index (χ0n) is 14.2. The molecule has 1 aliphatic carbocycles. The first-order chi connectivity index (χ1) is 12.7. The second kappa shape index (κ2) is 7.21. The summed E-state index contributed by atoms with van der Waals surface area (Å²) in [6, 6.07) is 11.1. The van der Waals surface area contributed by atoms with E-state index >= 15 is 0 Å². The molecule has 0 saturated heterocycles. The molecule has 134 valence electrons. The Balaban J connectivity index is 1.44. The second-order valence-electron chi connectivity index (χ2n) is 6.52. The molecule has 0 bridgehead atoms. The van der Waals surface area contributed by atoms with E-state index in [9.17, 15) is 9.59 Å². The van der Waals surface area contributed by atoms with Crippen LogP contribution in [-0.2, 0) is 16.8 Å². The Bertz CT molecular complexity index is 888. The number of hydrogen-bond donors (Lipinski definition) is 1. The van der Waals surface area contributed by atoms with Crippen molar-refractivity contribution in [3.05, 3.63) is 68.4 Å². The first-order valence-electron chi connectivity index (χ1n) is 8.68. The first-order valence-corrected chi connectivity index (χ1v) is 10.4. The van der Waals surface area contributed by atoms with E-state index in [4.69, 9.17) is 4.42 Å². The third kappa shape index (κ3) is 3.15. The number of carbonyl (C=O) groups excluding carboxylic acids is 2. The lowest BCUT2D eigenvalue weighted by molar-refractivity contribution is -0.126. The molecule has 1 saturated carbocycles. The topological polar surface area (TPSA) is 59.3 Å². The highest BCUT2D eigenvalue weighted by Gasteiger charge is 2.43. The van der Waals surface area contributed by atoms with Crippen molar-refractivity contribution >= 4 is 34.4 Å². The molecule has 0 spiro atoms. The minimum Gasteiger partial charge on any atom is -0.461 e. The van der Waals surface area contributed by atoms with Crippen molar-refractivity contribution in [1.82, 2.24) is 5.32 Å². The molecule has 3 heterocycles. The van der Waals surface area contributed by atoms with E-state index in [-0.39, 0.29) is 17.1 Å². The maximum atomic E-state index is 13.0. The zero-order valence-corrected chi connectivity index (χ0v) is 15.8. The average Bonchev–Trinajstić information content (AvgIpc) is 3.45. The van der Waals surface area contributed by atoms with Gasteiger partial charge in [0.2, 0.25) is 11.7 Å². The fourth-order valence-electron chi connectivity index (χ4n) is 3.58. The summed E-state index contributed by atoms with van der Waals surface area (Å²) in [5, 5.41) is 5.14. The Hall–Kier alpha value is -2.18. The van der Waals surface area contributed by atoms with Crippen molar-refractivity contribution < 1.29 is 14.0 Å². The minimum atomic E-state index is -0.377. The maximum absolute atomic E-state index is 13.0. The monoisotopic (exact) mass is 385 g/mol. The molecule has 4 nitrogen and oxygen atoms in total. The summed E-state index contributed by atoms with van der Waals surface area (Å²) in [5.41, 5.74) is -0.377. The second-order valence-corrected chi connectivity index (χ2v) is 8.64. The molecule has 26 heavy (non-hydrogen) atoms. The summed E-state index contributed by atoms with van der Waals surface area (Å²) < 4.78 is 5.17. The van der Waals surface area contributed by atoms with Crippen LogP contribution in [0.4, 0.5) is 0 Å². The van der Waals surface area contributed by atoms with Gasteiger partial charge >= 0.3 is 0 Å². The fourth-order valence-corrected chi connectivity index (χ4v) is 5.45. The quantitative estimate of drug-likeness (QED) is 0.622.